The Hall–Kier alpha value is -4.32. The van der Waals surface area contributed by atoms with E-state index in [1.807, 2.05) is 0 Å². The molecule has 11 nitrogen and oxygen atoms in total. The summed E-state index contributed by atoms with van der Waals surface area (Å²) in [5.74, 6) is 0.461. The molecule has 4 rings (SSSR count). The van der Waals surface area contributed by atoms with Gasteiger partial charge < -0.3 is 14.6 Å². The Bertz CT molecular complexity index is 1570. The SMILES string of the molecule is COc1ccc(S(=O)(=O)n2c3ccc(OC)cc3c(=O)n2Cc2cc([N+](=O)[O-])ccc2O)cc1. The molecule has 0 amide bonds. The zero-order valence-electron chi connectivity index (χ0n) is 18.0. The molecule has 0 aliphatic rings. The highest BCUT2D eigenvalue weighted by Gasteiger charge is 2.27. The summed E-state index contributed by atoms with van der Waals surface area (Å²) in [7, 11) is -1.46. The van der Waals surface area contributed by atoms with E-state index in [2.05, 4.69) is 0 Å². The Labute approximate surface area is 193 Å². The highest BCUT2D eigenvalue weighted by atomic mass is 32.2. The van der Waals surface area contributed by atoms with E-state index in [0.717, 1.165) is 27.0 Å². The van der Waals surface area contributed by atoms with E-state index in [0.29, 0.717) is 11.5 Å². The predicted octanol–water partition coefficient (Wildman–Crippen LogP) is 2.72. The molecule has 0 unspecified atom stereocenters. The number of methoxy groups -OCH3 is 2. The Morgan fingerprint density at radius 3 is 2.24 bits per heavy atom. The van der Waals surface area contributed by atoms with Gasteiger partial charge in [-0.15, -0.1) is 0 Å². The van der Waals surface area contributed by atoms with Gasteiger partial charge in [-0.2, -0.15) is 12.5 Å². The maximum Gasteiger partial charge on any atom is 0.282 e. The lowest BCUT2D eigenvalue weighted by atomic mass is 10.2. The molecule has 1 heterocycles. The molecule has 176 valence electrons. The third kappa shape index (κ3) is 3.83. The first-order valence-corrected chi connectivity index (χ1v) is 11.3. The van der Waals surface area contributed by atoms with Crippen LogP contribution in [0.25, 0.3) is 10.9 Å². The molecular formula is C22H19N3O8S. The minimum absolute atomic E-state index is 0.00254. The van der Waals surface area contributed by atoms with Gasteiger partial charge in [0.05, 0.1) is 41.5 Å². The van der Waals surface area contributed by atoms with Gasteiger partial charge in [0, 0.05) is 17.7 Å². The molecule has 0 spiro atoms. The molecule has 3 aromatic carbocycles. The van der Waals surface area contributed by atoms with E-state index >= 15 is 0 Å². The van der Waals surface area contributed by atoms with Crippen molar-refractivity contribution in [1.82, 2.24) is 8.77 Å². The third-order valence-corrected chi connectivity index (χ3v) is 6.99. The van der Waals surface area contributed by atoms with Crippen LogP contribution in [-0.2, 0) is 16.6 Å². The van der Waals surface area contributed by atoms with Gasteiger partial charge >= 0.3 is 0 Å². The van der Waals surface area contributed by atoms with Gasteiger partial charge in [0.1, 0.15) is 17.2 Å². The summed E-state index contributed by atoms with van der Waals surface area (Å²) in [6, 6.07) is 13.3. The van der Waals surface area contributed by atoms with Gasteiger partial charge in [-0.1, -0.05) is 0 Å². The highest BCUT2D eigenvalue weighted by molar-refractivity contribution is 7.90. The van der Waals surface area contributed by atoms with Gasteiger partial charge in [0.15, 0.2) is 0 Å². The Balaban J connectivity index is 1.99. The summed E-state index contributed by atoms with van der Waals surface area (Å²) in [4.78, 5) is 23.7. The highest BCUT2D eigenvalue weighted by Crippen LogP contribution is 2.27. The van der Waals surface area contributed by atoms with Gasteiger partial charge in [-0.05, 0) is 48.5 Å². The lowest BCUT2D eigenvalue weighted by Gasteiger charge is -2.14. The maximum atomic E-state index is 13.6. The molecule has 0 saturated heterocycles. The van der Waals surface area contributed by atoms with E-state index in [1.165, 1.54) is 56.7 Å². The lowest BCUT2D eigenvalue weighted by molar-refractivity contribution is -0.384. The minimum atomic E-state index is -4.31. The van der Waals surface area contributed by atoms with Crippen LogP contribution in [0.3, 0.4) is 0 Å². The van der Waals surface area contributed by atoms with Crippen LogP contribution in [0, 0.1) is 10.1 Å². The smallest absolute Gasteiger partial charge is 0.282 e. The van der Waals surface area contributed by atoms with Crippen LogP contribution < -0.4 is 15.0 Å². The van der Waals surface area contributed by atoms with Crippen LogP contribution in [0.2, 0.25) is 0 Å². The van der Waals surface area contributed by atoms with Gasteiger partial charge in [0.25, 0.3) is 21.3 Å². The average Bonchev–Trinajstić information content (AvgIpc) is 3.11. The van der Waals surface area contributed by atoms with Crippen molar-refractivity contribution >= 4 is 26.6 Å². The van der Waals surface area contributed by atoms with Gasteiger partial charge in [-0.3, -0.25) is 14.9 Å². The maximum absolute atomic E-state index is 13.6. The quantitative estimate of drug-likeness (QED) is 0.311. The molecule has 0 atom stereocenters. The number of phenols is 1. The van der Waals surface area contributed by atoms with Crippen molar-refractivity contribution in [2.24, 2.45) is 0 Å². The molecule has 0 aliphatic carbocycles. The number of rotatable bonds is 7. The normalized spacial score (nSPS) is 11.5. The zero-order valence-corrected chi connectivity index (χ0v) is 18.9. The Kier molecular flexibility index (Phi) is 5.75. The van der Waals surface area contributed by atoms with Crippen molar-refractivity contribution in [1.29, 1.82) is 0 Å². The molecule has 0 aliphatic heterocycles. The number of hydrogen-bond donors (Lipinski definition) is 1. The second-order valence-electron chi connectivity index (χ2n) is 7.24. The average molecular weight is 485 g/mol. The largest absolute Gasteiger partial charge is 0.508 e. The second-order valence-corrected chi connectivity index (χ2v) is 9.01. The second kappa shape index (κ2) is 8.56. The summed E-state index contributed by atoms with van der Waals surface area (Å²) < 4.78 is 39.3. The molecule has 1 N–H and O–H groups in total. The number of non-ortho nitro benzene ring substituents is 1. The van der Waals surface area contributed by atoms with Crippen LogP contribution in [0.5, 0.6) is 17.2 Å². The van der Waals surface area contributed by atoms with Crippen molar-refractivity contribution in [3.63, 3.8) is 0 Å². The Morgan fingerprint density at radius 1 is 0.971 bits per heavy atom. The number of aromatic hydroxyl groups is 1. The van der Waals surface area contributed by atoms with Crippen molar-refractivity contribution in [2.45, 2.75) is 11.4 Å². The monoisotopic (exact) mass is 485 g/mol. The first kappa shape index (κ1) is 22.9. The lowest BCUT2D eigenvalue weighted by Crippen LogP contribution is -2.28. The summed E-state index contributed by atoms with van der Waals surface area (Å²) >= 11 is 0. The minimum Gasteiger partial charge on any atom is -0.508 e. The van der Waals surface area contributed by atoms with E-state index in [1.54, 1.807) is 0 Å². The molecule has 4 aromatic rings. The van der Waals surface area contributed by atoms with E-state index in [4.69, 9.17) is 9.47 Å². The fourth-order valence-corrected chi connectivity index (χ4v) is 5.04. The number of nitro benzene ring substituents is 1. The van der Waals surface area contributed by atoms with Crippen molar-refractivity contribution in [3.8, 4) is 17.2 Å². The number of fused-ring (bicyclic) bond motifs is 1. The standard InChI is InChI=1S/C22H19N3O8S/c1-32-16-4-7-18(8-5-16)34(30,31)24-20-9-6-17(33-2)12-19(20)22(27)23(24)13-14-11-15(25(28)29)3-10-21(14)26/h3-12,26H,13H2,1-2H3. The topological polar surface area (TPSA) is 143 Å². The van der Waals surface area contributed by atoms with Crippen LogP contribution in [0.4, 0.5) is 5.69 Å². The summed E-state index contributed by atoms with van der Waals surface area (Å²) in [6.07, 6.45) is 0. The number of aromatic nitrogens is 2. The number of nitrogens with zero attached hydrogens (tertiary/aromatic N) is 3. The number of hydrogen-bond acceptors (Lipinski definition) is 8. The van der Waals surface area contributed by atoms with Crippen molar-refractivity contribution in [2.75, 3.05) is 14.2 Å². The Morgan fingerprint density at radius 2 is 1.62 bits per heavy atom. The molecule has 0 bridgehead atoms. The zero-order chi connectivity index (χ0) is 24.6. The fraction of sp³-hybridized carbons (Fsp3) is 0.136. The summed E-state index contributed by atoms with van der Waals surface area (Å²) in [5.41, 5.74) is -0.927. The predicted molar refractivity (Wildman–Crippen MR) is 122 cm³/mol. The van der Waals surface area contributed by atoms with Crippen LogP contribution >= 0.6 is 0 Å². The molecule has 34 heavy (non-hydrogen) atoms. The molecule has 0 saturated carbocycles. The first-order chi connectivity index (χ1) is 16.2. The van der Waals surface area contributed by atoms with Crippen LogP contribution in [-0.4, -0.2) is 41.4 Å². The number of phenolic OH excluding ortho intramolecular Hbond substituents is 1. The number of ether oxygens (including phenoxy) is 2. The van der Waals surface area contributed by atoms with Crippen LogP contribution in [0.15, 0.2) is 70.4 Å². The summed E-state index contributed by atoms with van der Waals surface area (Å²) in [5, 5.41) is 21.5. The number of nitro groups is 1. The van der Waals surface area contributed by atoms with Gasteiger partial charge in [-0.25, -0.2) is 4.68 Å². The van der Waals surface area contributed by atoms with Crippen LogP contribution in [0.1, 0.15) is 5.56 Å². The fourth-order valence-electron chi connectivity index (χ4n) is 3.55. The van der Waals surface area contributed by atoms with E-state index in [9.17, 15) is 28.4 Å². The summed E-state index contributed by atoms with van der Waals surface area (Å²) in [6.45, 7) is -0.446. The number of benzene rings is 3. The molecule has 0 radical (unpaired) electrons. The van der Waals surface area contributed by atoms with Crippen molar-refractivity contribution < 1.29 is 27.9 Å². The van der Waals surface area contributed by atoms with E-state index in [-0.39, 0.29) is 32.8 Å². The first-order valence-electron chi connectivity index (χ1n) is 9.83. The molecule has 12 heteroatoms. The van der Waals surface area contributed by atoms with Crippen molar-refractivity contribution in [3.05, 3.63) is 86.7 Å². The molecule has 1 aromatic heterocycles. The molecular weight excluding hydrogens is 466 g/mol. The third-order valence-electron chi connectivity index (χ3n) is 5.27. The van der Waals surface area contributed by atoms with Gasteiger partial charge in [0.2, 0.25) is 0 Å². The van der Waals surface area contributed by atoms with E-state index < -0.39 is 27.1 Å². The molecule has 0 fully saturated rings.